The maximum atomic E-state index is 6.76. The molecular weight excluding hydrogens is 668 g/mol. The first-order chi connectivity index (χ1) is 26.4. The van der Waals surface area contributed by atoms with E-state index in [9.17, 15) is 0 Å². The standard InChI is InChI=1S/C50H85B2NS/c1-3-4-8-34-9-5-11-36-27-46(34)48(30-54)50(41-19-31(2)45-13-6-10-35(12-7-18-51)49(36)47(45)28-41)42-23-39-22-37(43(29-52)25-40(39)24-42)20-32-14-15-33-16-17-44(53)26-38(33)21-32/h31-50,54H,3-30,53H2,1-2H3. The Hall–Kier alpha value is 0.440. The van der Waals surface area contributed by atoms with Crippen LogP contribution >= 0.6 is 12.6 Å². The molecule has 8 rings (SSSR count). The minimum Gasteiger partial charge on any atom is -0.328 e. The number of thiol groups is 1. The molecule has 0 heterocycles. The highest BCUT2D eigenvalue weighted by atomic mass is 32.1. The van der Waals surface area contributed by atoms with Crippen molar-refractivity contribution in [3.8, 4) is 0 Å². The zero-order valence-corrected chi connectivity index (χ0v) is 36.4. The molecule has 0 aromatic carbocycles. The third-order valence-corrected chi connectivity index (χ3v) is 20.5. The van der Waals surface area contributed by atoms with Gasteiger partial charge in [0.25, 0.3) is 0 Å². The summed E-state index contributed by atoms with van der Waals surface area (Å²) in [6, 6.07) is 0.473. The lowest BCUT2D eigenvalue weighted by molar-refractivity contribution is -0.00609. The van der Waals surface area contributed by atoms with Crippen LogP contribution < -0.4 is 5.73 Å². The first-order valence-corrected chi connectivity index (χ1v) is 25.8. The van der Waals surface area contributed by atoms with Gasteiger partial charge in [0.15, 0.2) is 0 Å². The van der Waals surface area contributed by atoms with Gasteiger partial charge in [-0.1, -0.05) is 97.1 Å². The zero-order chi connectivity index (χ0) is 37.3. The Kier molecular flexibility index (Phi) is 14.3. The molecule has 2 N–H and O–H groups in total. The first kappa shape index (κ1) is 41.2. The molecule has 8 aliphatic rings. The minimum atomic E-state index is 0.473. The van der Waals surface area contributed by atoms with Crippen molar-refractivity contribution >= 4 is 28.3 Å². The SMILES string of the molecule is [B]CCCC1CCCC2C(C)CC3CC2C1C1CCCC(CCCC)C(C1)C(CS)C3C1CC2CC(C[B])C(CC3CCC4CCC(N)CC4C3)CC2C1. The van der Waals surface area contributed by atoms with Crippen LogP contribution in [0.4, 0.5) is 0 Å². The number of fused-ring (bicyclic) bond motifs is 6. The Morgan fingerprint density at radius 3 is 2.04 bits per heavy atom. The average Bonchev–Trinajstić information content (AvgIpc) is 3.35. The largest absolute Gasteiger partial charge is 0.328 e. The lowest BCUT2D eigenvalue weighted by Gasteiger charge is -2.50. The molecule has 20 atom stereocenters. The van der Waals surface area contributed by atoms with E-state index in [2.05, 4.69) is 13.8 Å². The summed E-state index contributed by atoms with van der Waals surface area (Å²) >= 11 is 5.49. The number of hydrogen-bond donors (Lipinski definition) is 2. The molecule has 4 bridgehead atoms. The maximum absolute atomic E-state index is 6.76. The fourth-order valence-electron chi connectivity index (χ4n) is 18.0. The van der Waals surface area contributed by atoms with Crippen molar-refractivity contribution in [1.29, 1.82) is 0 Å². The van der Waals surface area contributed by atoms with Gasteiger partial charge in [0, 0.05) is 6.04 Å². The predicted octanol–water partition coefficient (Wildman–Crippen LogP) is 13.0. The molecule has 0 aliphatic heterocycles. The van der Waals surface area contributed by atoms with E-state index in [1.807, 2.05) is 0 Å². The molecule has 8 saturated carbocycles. The fourth-order valence-corrected chi connectivity index (χ4v) is 18.5. The van der Waals surface area contributed by atoms with E-state index < -0.39 is 0 Å². The molecule has 0 aromatic rings. The van der Waals surface area contributed by atoms with Gasteiger partial charge in [-0.15, -0.1) is 0 Å². The second-order valence-corrected chi connectivity index (χ2v) is 23.0. The quantitative estimate of drug-likeness (QED) is 0.159. The summed E-state index contributed by atoms with van der Waals surface area (Å²) in [5, 5.41) is 0. The fraction of sp³-hybridized carbons (Fsp3) is 1.00. The topological polar surface area (TPSA) is 26.0 Å². The molecular formula is C50H85B2NS. The van der Waals surface area contributed by atoms with E-state index >= 15 is 0 Å². The lowest BCUT2D eigenvalue weighted by Crippen LogP contribution is -2.43. The smallest absolute Gasteiger partial charge is 0.0656 e. The molecule has 54 heavy (non-hydrogen) atoms. The van der Waals surface area contributed by atoms with E-state index in [1.165, 1.54) is 141 Å². The highest BCUT2D eigenvalue weighted by Crippen LogP contribution is 2.63. The van der Waals surface area contributed by atoms with Gasteiger partial charge in [-0.05, 0) is 208 Å². The Bertz CT molecular complexity index is 1160. The van der Waals surface area contributed by atoms with Crippen LogP contribution in [0.15, 0.2) is 0 Å². The summed E-state index contributed by atoms with van der Waals surface area (Å²) in [4.78, 5) is 0. The number of hydrogen-bond acceptors (Lipinski definition) is 2. The van der Waals surface area contributed by atoms with Crippen molar-refractivity contribution in [3.05, 3.63) is 0 Å². The summed E-state index contributed by atoms with van der Waals surface area (Å²) in [6.45, 7) is 5.19. The molecule has 0 saturated heterocycles. The van der Waals surface area contributed by atoms with Crippen LogP contribution in [0, 0.1) is 112 Å². The Balaban J connectivity index is 1.06. The molecule has 0 spiro atoms. The van der Waals surface area contributed by atoms with E-state index in [4.69, 9.17) is 34.1 Å². The zero-order valence-electron chi connectivity index (χ0n) is 35.5. The van der Waals surface area contributed by atoms with Gasteiger partial charge in [0.1, 0.15) is 0 Å². The van der Waals surface area contributed by atoms with Crippen molar-refractivity contribution in [2.75, 3.05) is 5.75 Å². The minimum absolute atomic E-state index is 0.473. The second kappa shape index (κ2) is 18.8. The summed E-state index contributed by atoms with van der Waals surface area (Å²) in [5.41, 5.74) is 6.53. The van der Waals surface area contributed by atoms with Gasteiger partial charge in [-0.2, -0.15) is 12.6 Å². The molecule has 4 radical (unpaired) electrons. The molecule has 302 valence electrons. The molecule has 4 heteroatoms. The van der Waals surface area contributed by atoms with Crippen LogP contribution in [-0.2, 0) is 0 Å². The van der Waals surface area contributed by atoms with Crippen molar-refractivity contribution in [2.24, 2.45) is 118 Å². The van der Waals surface area contributed by atoms with E-state index in [0.717, 1.165) is 131 Å². The summed E-state index contributed by atoms with van der Waals surface area (Å²) < 4.78 is 0. The molecule has 1 nitrogen and oxygen atoms in total. The summed E-state index contributed by atoms with van der Waals surface area (Å²) in [6.07, 6.45) is 38.5. The predicted molar refractivity (Wildman–Crippen MR) is 236 cm³/mol. The highest BCUT2D eigenvalue weighted by Gasteiger charge is 2.55. The van der Waals surface area contributed by atoms with E-state index in [-0.39, 0.29) is 0 Å². The summed E-state index contributed by atoms with van der Waals surface area (Å²) in [5.74, 6) is 18.7. The van der Waals surface area contributed by atoms with Gasteiger partial charge in [0.05, 0.1) is 15.7 Å². The lowest BCUT2D eigenvalue weighted by atomic mass is 9.55. The third-order valence-electron chi connectivity index (χ3n) is 20.1. The van der Waals surface area contributed by atoms with Crippen molar-refractivity contribution < 1.29 is 0 Å². The van der Waals surface area contributed by atoms with Crippen molar-refractivity contribution in [1.82, 2.24) is 0 Å². The number of rotatable bonds is 11. The maximum Gasteiger partial charge on any atom is 0.0656 e. The van der Waals surface area contributed by atoms with Gasteiger partial charge < -0.3 is 5.73 Å². The van der Waals surface area contributed by atoms with Crippen LogP contribution in [-0.4, -0.2) is 27.5 Å². The first-order valence-electron chi connectivity index (χ1n) is 25.1. The normalized spacial score (nSPS) is 50.7. The Labute approximate surface area is 343 Å². The average molecular weight is 754 g/mol. The molecule has 8 aliphatic carbocycles. The third kappa shape index (κ3) is 8.68. The number of nitrogens with two attached hydrogens (primary N) is 1. The second-order valence-electron chi connectivity index (χ2n) is 22.6. The molecule has 20 unspecified atom stereocenters. The van der Waals surface area contributed by atoms with Crippen LogP contribution in [0.25, 0.3) is 0 Å². The molecule has 0 amide bonds. The van der Waals surface area contributed by atoms with Crippen LogP contribution in [0.2, 0.25) is 12.6 Å². The monoisotopic (exact) mass is 754 g/mol. The van der Waals surface area contributed by atoms with E-state index in [0.29, 0.717) is 6.04 Å². The Morgan fingerprint density at radius 1 is 0.556 bits per heavy atom. The van der Waals surface area contributed by atoms with Crippen LogP contribution in [0.3, 0.4) is 0 Å². The molecule has 8 fully saturated rings. The van der Waals surface area contributed by atoms with Gasteiger partial charge in [-0.25, -0.2) is 0 Å². The highest BCUT2D eigenvalue weighted by molar-refractivity contribution is 7.80. The van der Waals surface area contributed by atoms with Gasteiger partial charge in [-0.3, -0.25) is 0 Å². The molecule has 0 aromatic heterocycles. The van der Waals surface area contributed by atoms with Crippen molar-refractivity contribution in [3.63, 3.8) is 0 Å². The van der Waals surface area contributed by atoms with Gasteiger partial charge in [0.2, 0.25) is 0 Å². The number of unbranched alkanes of at least 4 members (excludes halogenated alkanes) is 1. The van der Waals surface area contributed by atoms with Crippen LogP contribution in [0.1, 0.15) is 174 Å². The Morgan fingerprint density at radius 2 is 1.26 bits per heavy atom. The van der Waals surface area contributed by atoms with Crippen molar-refractivity contribution in [2.45, 2.75) is 193 Å². The summed E-state index contributed by atoms with van der Waals surface area (Å²) in [7, 11) is 13.0. The van der Waals surface area contributed by atoms with Crippen LogP contribution in [0.5, 0.6) is 0 Å². The van der Waals surface area contributed by atoms with E-state index in [1.54, 1.807) is 19.3 Å². The van der Waals surface area contributed by atoms with Gasteiger partial charge >= 0.3 is 0 Å².